The summed E-state index contributed by atoms with van der Waals surface area (Å²) in [7, 11) is 0. The molecule has 2 N–H and O–H groups in total. The number of nitrogens with one attached hydrogen (secondary N) is 2. The molecule has 5 nitrogen and oxygen atoms in total. The van der Waals surface area contributed by atoms with Crippen molar-refractivity contribution in [1.82, 2.24) is 20.1 Å². The molecule has 0 unspecified atom stereocenters. The van der Waals surface area contributed by atoms with E-state index in [4.69, 9.17) is 12.2 Å². The Labute approximate surface area is 134 Å². The van der Waals surface area contributed by atoms with Gasteiger partial charge in [0.25, 0.3) is 0 Å². The molecule has 8 heteroatoms. The van der Waals surface area contributed by atoms with Crippen LogP contribution in [0.2, 0.25) is 0 Å². The smallest absolute Gasteiger partial charge is 0.240 e. The average Bonchev–Trinajstić information content (AvgIpc) is 2.97. The summed E-state index contributed by atoms with van der Waals surface area (Å²) in [6.45, 7) is 2.80. The third-order valence-corrected chi connectivity index (χ3v) is 4.70. The van der Waals surface area contributed by atoms with E-state index in [9.17, 15) is 4.79 Å². The van der Waals surface area contributed by atoms with Crippen LogP contribution in [0.3, 0.4) is 0 Å². The fourth-order valence-electron chi connectivity index (χ4n) is 1.76. The SMILES string of the molecule is CCCc1n[nH]c(=S)n1CC(=O)NCc1cc(Br)cs1. The van der Waals surface area contributed by atoms with E-state index in [1.54, 1.807) is 15.9 Å². The van der Waals surface area contributed by atoms with Gasteiger partial charge >= 0.3 is 0 Å². The predicted molar refractivity (Wildman–Crippen MR) is 85.3 cm³/mol. The molecule has 0 aliphatic heterocycles. The molecular weight excluding hydrogens is 360 g/mol. The summed E-state index contributed by atoms with van der Waals surface area (Å²) >= 11 is 10.1. The zero-order valence-electron chi connectivity index (χ0n) is 11.0. The summed E-state index contributed by atoms with van der Waals surface area (Å²) in [5.74, 6) is 0.760. The van der Waals surface area contributed by atoms with Crippen LogP contribution in [0, 0.1) is 4.77 Å². The molecule has 0 saturated carbocycles. The van der Waals surface area contributed by atoms with Gasteiger partial charge in [-0.1, -0.05) is 6.92 Å². The van der Waals surface area contributed by atoms with E-state index < -0.39 is 0 Å². The van der Waals surface area contributed by atoms with E-state index in [-0.39, 0.29) is 12.5 Å². The van der Waals surface area contributed by atoms with Gasteiger partial charge in [0.2, 0.25) is 5.91 Å². The van der Waals surface area contributed by atoms with Crippen LogP contribution in [0.5, 0.6) is 0 Å². The number of H-pyrrole nitrogens is 1. The lowest BCUT2D eigenvalue weighted by Crippen LogP contribution is -2.27. The summed E-state index contributed by atoms with van der Waals surface area (Å²) < 4.78 is 3.27. The van der Waals surface area contributed by atoms with Gasteiger partial charge in [0.15, 0.2) is 4.77 Å². The summed E-state index contributed by atoms with van der Waals surface area (Å²) in [6.07, 6.45) is 1.77. The molecule has 0 radical (unpaired) electrons. The van der Waals surface area contributed by atoms with Crippen LogP contribution in [0.1, 0.15) is 24.0 Å². The second-order valence-electron chi connectivity index (χ2n) is 4.29. The molecule has 0 aliphatic rings. The summed E-state index contributed by atoms with van der Waals surface area (Å²) in [5, 5.41) is 11.8. The maximum absolute atomic E-state index is 12.0. The Morgan fingerprint density at radius 1 is 1.65 bits per heavy atom. The van der Waals surface area contributed by atoms with Crippen molar-refractivity contribution < 1.29 is 4.79 Å². The Balaban J connectivity index is 1.94. The van der Waals surface area contributed by atoms with Crippen LogP contribution in [-0.2, 0) is 24.3 Å². The largest absolute Gasteiger partial charge is 0.350 e. The molecule has 1 amide bonds. The first-order valence-corrected chi connectivity index (χ1v) is 8.32. The quantitative estimate of drug-likeness (QED) is 0.763. The summed E-state index contributed by atoms with van der Waals surface area (Å²) in [5.41, 5.74) is 0. The van der Waals surface area contributed by atoms with Gasteiger partial charge in [0, 0.05) is 21.2 Å². The lowest BCUT2D eigenvalue weighted by atomic mass is 10.3. The van der Waals surface area contributed by atoms with E-state index in [2.05, 4.69) is 38.4 Å². The Morgan fingerprint density at radius 2 is 2.45 bits per heavy atom. The van der Waals surface area contributed by atoms with Crippen LogP contribution >= 0.6 is 39.5 Å². The first-order chi connectivity index (χ1) is 9.60. The van der Waals surface area contributed by atoms with Gasteiger partial charge in [-0.2, -0.15) is 5.10 Å². The third-order valence-electron chi connectivity index (χ3n) is 2.69. The maximum Gasteiger partial charge on any atom is 0.240 e. The summed E-state index contributed by atoms with van der Waals surface area (Å²) in [6, 6.07) is 2.00. The number of halogens is 1. The van der Waals surface area contributed by atoms with Gasteiger partial charge in [0.1, 0.15) is 12.4 Å². The Morgan fingerprint density at radius 3 is 3.10 bits per heavy atom. The molecule has 2 aromatic rings. The van der Waals surface area contributed by atoms with E-state index in [0.29, 0.717) is 11.3 Å². The molecule has 0 fully saturated rings. The fourth-order valence-corrected chi connectivity index (χ4v) is 3.37. The average molecular weight is 375 g/mol. The molecule has 2 rings (SSSR count). The maximum atomic E-state index is 12.0. The number of aryl methyl sites for hydroxylation is 1. The predicted octanol–water partition coefficient (Wildman–Crippen LogP) is 3.03. The van der Waals surface area contributed by atoms with Crippen molar-refractivity contribution in [2.75, 3.05) is 0 Å². The molecule has 0 atom stereocenters. The van der Waals surface area contributed by atoms with Gasteiger partial charge < -0.3 is 5.32 Å². The normalized spacial score (nSPS) is 10.7. The zero-order valence-corrected chi connectivity index (χ0v) is 14.2. The van der Waals surface area contributed by atoms with Crippen molar-refractivity contribution in [3.8, 4) is 0 Å². The van der Waals surface area contributed by atoms with E-state index in [0.717, 1.165) is 28.0 Å². The van der Waals surface area contributed by atoms with Crippen molar-refractivity contribution in [2.24, 2.45) is 0 Å². The monoisotopic (exact) mass is 374 g/mol. The van der Waals surface area contributed by atoms with Crippen molar-refractivity contribution in [2.45, 2.75) is 32.9 Å². The van der Waals surface area contributed by atoms with Crippen LogP contribution in [-0.4, -0.2) is 20.7 Å². The van der Waals surface area contributed by atoms with Gasteiger partial charge in [0.05, 0.1) is 6.54 Å². The van der Waals surface area contributed by atoms with Gasteiger partial charge in [-0.3, -0.25) is 14.5 Å². The molecule has 0 bridgehead atoms. The first-order valence-electron chi connectivity index (χ1n) is 6.24. The number of thiophene rings is 1. The lowest BCUT2D eigenvalue weighted by molar-refractivity contribution is -0.121. The molecular formula is C12H15BrN4OS2. The summed E-state index contributed by atoms with van der Waals surface area (Å²) in [4.78, 5) is 13.1. The molecule has 2 heterocycles. The minimum absolute atomic E-state index is 0.0654. The van der Waals surface area contributed by atoms with Crippen LogP contribution in [0.15, 0.2) is 15.9 Å². The molecule has 0 aliphatic carbocycles. The number of amides is 1. The minimum atomic E-state index is -0.0654. The number of aromatic nitrogens is 3. The minimum Gasteiger partial charge on any atom is -0.350 e. The number of nitrogens with zero attached hydrogens (tertiary/aromatic N) is 2. The van der Waals surface area contributed by atoms with Gasteiger partial charge in [-0.05, 0) is 40.6 Å². The van der Waals surface area contributed by atoms with Crippen LogP contribution < -0.4 is 5.32 Å². The highest BCUT2D eigenvalue weighted by Crippen LogP contribution is 2.19. The third kappa shape index (κ3) is 4.00. The number of hydrogen-bond donors (Lipinski definition) is 2. The highest BCUT2D eigenvalue weighted by molar-refractivity contribution is 9.10. The van der Waals surface area contributed by atoms with E-state index >= 15 is 0 Å². The number of rotatable bonds is 6. The van der Waals surface area contributed by atoms with Crippen LogP contribution in [0.4, 0.5) is 0 Å². The molecule has 0 spiro atoms. The molecule has 2 aromatic heterocycles. The highest BCUT2D eigenvalue weighted by atomic mass is 79.9. The topological polar surface area (TPSA) is 62.7 Å². The van der Waals surface area contributed by atoms with Crippen molar-refractivity contribution in [3.05, 3.63) is 31.4 Å². The van der Waals surface area contributed by atoms with E-state index in [1.165, 1.54) is 0 Å². The van der Waals surface area contributed by atoms with Crippen molar-refractivity contribution in [3.63, 3.8) is 0 Å². The molecule has 0 aromatic carbocycles. The van der Waals surface area contributed by atoms with Crippen molar-refractivity contribution >= 4 is 45.4 Å². The first kappa shape index (κ1) is 15.4. The second kappa shape index (κ2) is 7.14. The molecule has 0 saturated heterocycles. The van der Waals surface area contributed by atoms with Crippen molar-refractivity contribution in [1.29, 1.82) is 0 Å². The zero-order chi connectivity index (χ0) is 14.5. The standard InChI is InChI=1S/C12H15BrN4OS2/c1-2-3-10-15-16-12(19)17(10)6-11(18)14-5-9-4-8(13)7-20-9/h4,7H,2-3,5-6H2,1H3,(H,14,18)(H,16,19). The fraction of sp³-hybridized carbons (Fsp3) is 0.417. The molecule has 20 heavy (non-hydrogen) atoms. The Kier molecular flexibility index (Phi) is 5.50. The molecule has 108 valence electrons. The lowest BCUT2D eigenvalue weighted by Gasteiger charge is -2.06. The number of carbonyl (C=O) groups is 1. The number of carbonyl (C=O) groups excluding carboxylic acids is 1. The second-order valence-corrected chi connectivity index (χ2v) is 6.59. The van der Waals surface area contributed by atoms with Gasteiger partial charge in [-0.15, -0.1) is 11.3 Å². The Bertz CT molecular complexity index is 646. The van der Waals surface area contributed by atoms with Crippen LogP contribution in [0.25, 0.3) is 0 Å². The van der Waals surface area contributed by atoms with E-state index in [1.807, 2.05) is 11.4 Å². The highest BCUT2D eigenvalue weighted by Gasteiger charge is 2.10. The Hall–Kier alpha value is -0.990. The van der Waals surface area contributed by atoms with Gasteiger partial charge in [-0.25, -0.2) is 0 Å². The number of aromatic amines is 1. The number of hydrogen-bond acceptors (Lipinski definition) is 4.